The van der Waals surface area contributed by atoms with Crippen molar-refractivity contribution in [2.45, 2.75) is 117 Å². The van der Waals surface area contributed by atoms with Gasteiger partial charge in [-0.3, -0.25) is 4.79 Å². The molecule has 3 unspecified atom stereocenters. The van der Waals surface area contributed by atoms with Gasteiger partial charge >= 0.3 is 0 Å². The smallest absolute Gasteiger partial charge is 0.133 e. The molecule has 4 aliphatic carbocycles. The Hall–Kier alpha value is -0.370. The maximum absolute atomic E-state index is 12.3. The van der Waals surface area contributed by atoms with Crippen LogP contribution in [0.5, 0.6) is 0 Å². The van der Waals surface area contributed by atoms with E-state index in [1.54, 1.807) is 0 Å². The largest absolute Gasteiger partial charge is 0.389 e. The highest BCUT2D eigenvalue weighted by atomic mass is 16.3. The van der Waals surface area contributed by atoms with Crippen molar-refractivity contribution < 1.29 is 9.90 Å². The first-order valence-corrected chi connectivity index (χ1v) is 12.5. The first kappa shape index (κ1) is 20.9. The van der Waals surface area contributed by atoms with E-state index < -0.39 is 5.60 Å². The van der Waals surface area contributed by atoms with E-state index in [0.29, 0.717) is 29.0 Å². The van der Waals surface area contributed by atoms with Crippen LogP contribution in [-0.2, 0) is 4.79 Å². The van der Waals surface area contributed by atoms with Crippen molar-refractivity contribution in [2.75, 3.05) is 0 Å². The molecule has 4 aliphatic rings. The second kappa shape index (κ2) is 7.40. The minimum atomic E-state index is -0.428. The summed E-state index contributed by atoms with van der Waals surface area (Å²) >= 11 is 0. The van der Waals surface area contributed by atoms with Gasteiger partial charge in [-0.05, 0) is 85.4 Å². The topological polar surface area (TPSA) is 37.3 Å². The molecule has 4 rings (SSSR count). The summed E-state index contributed by atoms with van der Waals surface area (Å²) in [6, 6.07) is 0. The molecule has 4 fully saturated rings. The summed E-state index contributed by atoms with van der Waals surface area (Å²) in [6.45, 7) is 9.61. The summed E-state index contributed by atoms with van der Waals surface area (Å²) in [5.41, 5.74) is 0.0412. The van der Waals surface area contributed by atoms with Gasteiger partial charge < -0.3 is 5.11 Å². The molecule has 0 saturated heterocycles. The summed E-state index contributed by atoms with van der Waals surface area (Å²) in [5, 5.41) is 11.8. The Kier molecular flexibility index (Phi) is 5.52. The third kappa shape index (κ3) is 2.95. The molecule has 160 valence electrons. The summed E-state index contributed by atoms with van der Waals surface area (Å²) < 4.78 is 0. The van der Waals surface area contributed by atoms with E-state index in [2.05, 4.69) is 27.7 Å². The number of hydrogen-bond donors (Lipinski definition) is 1. The monoisotopic (exact) mass is 388 g/mol. The number of ketones is 1. The lowest BCUT2D eigenvalue weighted by atomic mass is 9.42. The van der Waals surface area contributed by atoms with Crippen LogP contribution in [0.15, 0.2) is 0 Å². The van der Waals surface area contributed by atoms with E-state index in [9.17, 15) is 9.90 Å². The van der Waals surface area contributed by atoms with Crippen molar-refractivity contribution in [3.8, 4) is 0 Å². The van der Waals surface area contributed by atoms with E-state index in [1.807, 2.05) is 0 Å². The van der Waals surface area contributed by atoms with Crippen LogP contribution >= 0.6 is 0 Å². The van der Waals surface area contributed by atoms with Gasteiger partial charge in [0.2, 0.25) is 0 Å². The SMILES string of the molecule is CCCCCCC1(O)CC[C@H]2[C@@H]3CCC4CC(=O)CC(C)[C@]4(C)[C@@H]3CC[C@@]21C. The lowest BCUT2D eigenvalue weighted by Gasteiger charge is -2.62. The number of fused-ring (bicyclic) bond motifs is 5. The van der Waals surface area contributed by atoms with Crippen LogP contribution < -0.4 is 0 Å². The normalized spacial score (nSPS) is 50.8. The second-order valence-corrected chi connectivity index (χ2v) is 11.7. The van der Waals surface area contributed by atoms with Gasteiger partial charge in [0.05, 0.1) is 5.60 Å². The predicted octanol–water partition coefficient (Wildman–Crippen LogP) is 6.55. The van der Waals surface area contributed by atoms with Crippen molar-refractivity contribution in [3.63, 3.8) is 0 Å². The number of carbonyl (C=O) groups is 1. The summed E-state index contributed by atoms with van der Waals surface area (Å²) in [5.74, 6) is 3.91. The number of unbranched alkanes of at least 4 members (excludes halogenated alkanes) is 3. The molecule has 1 N–H and O–H groups in total. The molecular weight excluding hydrogens is 344 g/mol. The van der Waals surface area contributed by atoms with Gasteiger partial charge in [0.15, 0.2) is 0 Å². The molecule has 28 heavy (non-hydrogen) atoms. The van der Waals surface area contributed by atoms with Crippen LogP contribution in [0.4, 0.5) is 0 Å². The highest BCUT2D eigenvalue weighted by Crippen LogP contribution is 2.69. The summed E-state index contributed by atoms with van der Waals surface area (Å²) in [6.07, 6.45) is 15.0. The van der Waals surface area contributed by atoms with Gasteiger partial charge in [0.1, 0.15) is 5.78 Å². The fraction of sp³-hybridized carbons (Fsp3) is 0.962. The van der Waals surface area contributed by atoms with Crippen LogP contribution in [0.2, 0.25) is 0 Å². The molecule has 0 radical (unpaired) electrons. The minimum Gasteiger partial charge on any atom is -0.389 e. The van der Waals surface area contributed by atoms with Crippen molar-refractivity contribution >= 4 is 5.78 Å². The molecule has 2 nitrogen and oxygen atoms in total. The molecule has 8 atom stereocenters. The Labute approximate surface area is 173 Å². The Bertz CT molecular complexity index is 599. The Balaban J connectivity index is 1.54. The molecule has 0 bridgehead atoms. The third-order valence-corrected chi connectivity index (χ3v) is 10.8. The van der Waals surface area contributed by atoms with Crippen LogP contribution in [0.25, 0.3) is 0 Å². The molecule has 0 aliphatic heterocycles. The van der Waals surface area contributed by atoms with Crippen molar-refractivity contribution in [1.29, 1.82) is 0 Å². The summed E-state index contributed by atoms with van der Waals surface area (Å²) in [7, 11) is 0. The average molecular weight is 389 g/mol. The van der Waals surface area contributed by atoms with Crippen LogP contribution in [-0.4, -0.2) is 16.5 Å². The van der Waals surface area contributed by atoms with E-state index in [-0.39, 0.29) is 5.41 Å². The standard InChI is InChI=1S/C26H44O2/c1-5-6-7-8-13-26(28)15-12-22-21-10-9-19-17-20(27)16-18(2)25(19,4)23(21)11-14-24(22,26)3/h18-19,21-23,28H,5-17H2,1-4H3/t18?,19?,21-,22-,23+,24-,25-,26?/m0/s1. The fourth-order valence-corrected chi connectivity index (χ4v) is 8.84. The molecule has 2 heteroatoms. The third-order valence-electron chi connectivity index (χ3n) is 10.8. The Morgan fingerprint density at radius 1 is 0.964 bits per heavy atom. The zero-order valence-electron chi connectivity index (χ0n) is 18.9. The first-order valence-electron chi connectivity index (χ1n) is 12.5. The van der Waals surface area contributed by atoms with Gasteiger partial charge in [-0.25, -0.2) is 0 Å². The number of rotatable bonds is 5. The van der Waals surface area contributed by atoms with Crippen LogP contribution in [0.3, 0.4) is 0 Å². The molecule has 0 heterocycles. The minimum absolute atomic E-state index is 0.122. The van der Waals surface area contributed by atoms with Gasteiger partial charge in [-0.15, -0.1) is 0 Å². The van der Waals surface area contributed by atoms with Gasteiger partial charge in [0.25, 0.3) is 0 Å². The highest BCUT2D eigenvalue weighted by molar-refractivity contribution is 5.80. The van der Waals surface area contributed by atoms with Crippen molar-refractivity contribution in [2.24, 2.45) is 40.4 Å². The van der Waals surface area contributed by atoms with Gasteiger partial charge in [-0.2, -0.15) is 0 Å². The van der Waals surface area contributed by atoms with Crippen molar-refractivity contribution in [3.05, 3.63) is 0 Å². The zero-order chi connectivity index (χ0) is 20.2. The number of carbonyl (C=O) groups excluding carboxylic acids is 1. The quantitative estimate of drug-likeness (QED) is 0.542. The van der Waals surface area contributed by atoms with Crippen molar-refractivity contribution in [1.82, 2.24) is 0 Å². The Morgan fingerprint density at radius 2 is 1.71 bits per heavy atom. The van der Waals surface area contributed by atoms with E-state index in [4.69, 9.17) is 0 Å². The van der Waals surface area contributed by atoms with Crippen LogP contribution in [0, 0.1) is 40.4 Å². The lowest BCUT2D eigenvalue weighted by molar-refractivity contribution is -0.169. The number of hydrogen-bond acceptors (Lipinski definition) is 2. The molecular formula is C26H44O2. The lowest BCUT2D eigenvalue weighted by Crippen LogP contribution is -2.58. The molecule has 0 aromatic rings. The second-order valence-electron chi connectivity index (χ2n) is 11.7. The fourth-order valence-electron chi connectivity index (χ4n) is 8.84. The van der Waals surface area contributed by atoms with Gasteiger partial charge in [0, 0.05) is 12.8 Å². The van der Waals surface area contributed by atoms with E-state index in [0.717, 1.165) is 37.5 Å². The number of Topliss-reactive ketones (excluding diaryl/α,β-unsaturated/α-hetero) is 1. The van der Waals surface area contributed by atoms with E-state index in [1.165, 1.54) is 57.8 Å². The number of aliphatic hydroxyl groups is 1. The molecule has 0 aromatic carbocycles. The predicted molar refractivity (Wildman–Crippen MR) is 115 cm³/mol. The Morgan fingerprint density at radius 3 is 2.46 bits per heavy atom. The maximum Gasteiger partial charge on any atom is 0.133 e. The molecule has 4 saturated carbocycles. The van der Waals surface area contributed by atoms with Gasteiger partial charge in [-0.1, -0.05) is 53.4 Å². The van der Waals surface area contributed by atoms with Crippen LogP contribution in [0.1, 0.15) is 111 Å². The van der Waals surface area contributed by atoms with E-state index >= 15 is 0 Å². The molecule has 0 amide bonds. The maximum atomic E-state index is 12.3. The summed E-state index contributed by atoms with van der Waals surface area (Å²) in [4.78, 5) is 12.3. The molecule has 0 spiro atoms. The highest BCUT2D eigenvalue weighted by Gasteiger charge is 2.65. The molecule has 0 aromatic heterocycles. The zero-order valence-corrected chi connectivity index (χ0v) is 18.9. The average Bonchev–Trinajstić information content (AvgIpc) is 2.92. The first-order chi connectivity index (χ1) is 13.3.